The summed E-state index contributed by atoms with van der Waals surface area (Å²) in [6.07, 6.45) is -4.61. The average molecular weight is 373 g/mol. The molecule has 1 atom stereocenters. The van der Waals surface area contributed by atoms with E-state index >= 15 is 0 Å². The van der Waals surface area contributed by atoms with Gasteiger partial charge in [0, 0.05) is 12.7 Å². The van der Waals surface area contributed by atoms with Crippen LogP contribution < -0.4 is 10.1 Å². The number of hydrogen-bond acceptors (Lipinski definition) is 4. The van der Waals surface area contributed by atoms with Crippen molar-refractivity contribution in [2.45, 2.75) is 18.8 Å². The zero-order valence-electron chi connectivity index (χ0n) is 12.6. The van der Waals surface area contributed by atoms with Crippen LogP contribution in [-0.2, 0) is 17.5 Å². The lowest BCUT2D eigenvalue weighted by atomic mass is 10.1. The van der Waals surface area contributed by atoms with Crippen LogP contribution in [0.5, 0.6) is 5.88 Å². The molecule has 3 rings (SSSR count). The van der Waals surface area contributed by atoms with Crippen molar-refractivity contribution in [3.05, 3.63) is 58.2 Å². The van der Waals surface area contributed by atoms with Crippen molar-refractivity contribution in [1.29, 1.82) is 0 Å². The van der Waals surface area contributed by atoms with Crippen LogP contribution >= 0.6 is 11.6 Å². The first kappa shape index (κ1) is 17.3. The second-order valence-electron chi connectivity index (χ2n) is 5.23. The summed E-state index contributed by atoms with van der Waals surface area (Å²) >= 11 is 5.64. The van der Waals surface area contributed by atoms with Crippen molar-refractivity contribution in [3.8, 4) is 5.88 Å². The van der Waals surface area contributed by atoms with Crippen LogP contribution in [0.3, 0.4) is 0 Å². The van der Waals surface area contributed by atoms with Gasteiger partial charge in [0.05, 0.1) is 16.1 Å². The molecule has 0 radical (unpaired) electrons. The third-order valence-electron chi connectivity index (χ3n) is 3.57. The van der Waals surface area contributed by atoms with Crippen LogP contribution in [0.25, 0.3) is 0 Å². The Morgan fingerprint density at radius 2 is 2.16 bits per heavy atom. The lowest BCUT2D eigenvalue weighted by molar-refractivity contribution is -0.138. The summed E-state index contributed by atoms with van der Waals surface area (Å²) in [7, 11) is 0. The number of alkyl carbamates (subject to hydrolysis) is 1. The fourth-order valence-electron chi connectivity index (χ4n) is 2.48. The second kappa shape index (κ2) is 6.79. The SMILES string of the molecule is O=C(NCc1cccc(Cl)c1C(F)(F)F)OC1COc2ncccc21. The van der Waals surface area contributed by atoms with E-state index in [-0.39, 0.29) is 18.7 Å². The van der Waals surface area contributed by atoms with Gasteiger partial charge in [-0.3, -0.25) is 0 Å². The predicted octanol–water partition coefficient (Wildman–Crippen LogP) is 4.11. The molecule has 132 valence electrons. The third kappa shape index (κ3) is 3.79. The molecule has 0 fully saturated rings. The largest absolute Gasteiger partial charge is 0.473 e. The number of rotatable bonds is 3. The number of ether oxygens (including phenoxy) is 2. The molecule has 0 spiro atoms. The van der Waals surface area contributed by atoms with Crippen molar-refractivity contribution in [3.63, 3.8) is 0 Å². The minimum absolute atomic E-state index is 0.102. The van der Waals surface area contributed by atoms with Gasteiger partial charge in [0.15, 0.2) is 6.10 Å². The van der Waals surface area contributed by atoms with E-state index in [0.717, 1.165) is 6.07 Å². The quantitative estimate of drug-likeness (QED) is 0.880. The van der Waals surface area contributed by atoms with Gasteiger partial charge >= 0.3 is 12.3 Å². The number of aromatic nitrogens is 1. The van der Waals surface area contributed by atoms with E-state index < -0.39 is 29.0 Å². The van der Waals surface area contributed by atoms with Gasteiger partial charge < -0.3 is 14.8 Å². The first-order chi connectivity index (χ1) is 11.9. The molecule has 0 bridgehead atoms. The number of hydrogen-bond donors (Lipinski definition) is 1. The number of amides is 1. The fraction of sp³-hybridized carbons (Fsp3) is 0.250. The molecule has 9 heteroatoms. The number of carbonyl (C=O) groups is 1. The molecule has 1 aliphatic heterocycles. The molecular formula is C16H12ClF3N2O3. The first-order valence-electron chi connectivity index (χ1n) is 7.23. The monoisotopic (exact) mass is 372 g/mol. The molecule has 1 N–H and O–H groups in total. The van der Waals surface area contributed by atoms with Crippen LogP contribution in [0.4, 0.5) is 18.0 Å². The summed E-state index contributed by atoms with van der Waals surface area (Å²) < 4.78 is 49.7. The molecule has 2 heterocycles. The van der Waals surface area contributed by atoms with Crippen LogP contribution in [0.15, 0.2) is 36.5 Å². The zero-order chi connectivity index (χ0) is 18.0. The number of carbonyl (C=O) groups excluding carboxylic acids is 1. The smallest absolute Gasteiger partial charge is 0.418 e. The van der Waals surface area contributed by atoms with Gasteiger partial charge in [-0.25, -0.2) is 9.78 Å². The van der Waals surface area contributed by atoms with Crippen LogP contribution in [0, 0.1) is 0 Å². The van der Waals surface area contributed by atoms with Gasteiger partial charge in [-0.1, -0.05) is 23.7 Å². The molecule has 2 aromatic rings. The molecule has 5 nitrogen and oxygen atoms in total. The first-order valence-corrected chi connectivity index (χ1v) is 7.61. The molecule has 0 saturated heterocycles. The van der Waals surface area contributed by atoms with Gasteiger partial charge in [-0.2, -0.15) is 13.2 Å². The molecule has 1 aromatic carbocycles. The zero-order valence-corrected chi connectivity index (χ0v) is 13.4. The number of nitrogens with one attached hydrogen (secondary N) is 1. The summed E-state index contributed by atoms with van der Waals surface area (Å²) in [5.74, 6) is 0.370. The molecule has 1 unspecified atom stereocenters. The van der Waals surface area contributed by atoms with Crippen molar-refractivity contribution >= 4 is 17.7 Å². The number of fused-ring (bicyclic) bond motifs is 1. The molecule has 1 amide bonds. The fourth-order valence-corrected chi connectivity index (χ4v) is 2.78. The van der Waals surface area contributed by atoms with Crippen LogP contribution in [0.1, 0.15) is 22.8 Å². The second-order valence-corrected chi connectivity index (χ2v) is 5.64. The third-order valence-corrected chi connectivity index (χ3v) is 3.89. The van der Waals surface area contributed by atoms with Crippen molar-refractivity contribution in [2.75, 3.05) is 6.61 Å². The summed E-state index contributed by atoms with van der Waals surface area (Å²) in [6, 6.07) is 7.14. The number of alkyl halides is 3. The summed E-state index contributed by atoms with van der Waals surface area (Å²) in [6.45, 7) is -0.271. The number of pyridine rings is 1. The number of halogens is 4. The van der Waals surface area contributed by atoms with E-state index in [9.17, 15) is 18.0 Å². The van der Waals surface area contributed by atoms with Crippen molar-refractivity contribution in [1.82, 2.24) is 10.3 Å². The molecule has 0 aliphatic carbocycles. The maximum absolute atomic E-state index is 13.1. The number of nitrogens with zero attached hydrogens (tertiary/aromatic N) is 1. The Bertz CT molecular complexity index is 798. The van der Waals surface area contributed by atoms with Crippen LogP contribution in [-0.4, -0.2) is 17.7 Å². The molecule has 1 aliphatic rings. The van der Waals surface area contributed by atoms with Crippen LogP contribution in [0.2, 0.25) is 5.02 Å². The molecular weight excluding hydrogens is 361 g/mol. The standard InChI is InChI=1S/C16H12ClF3N2O3/c17-11-5-1-3-9(13(11)16(18,19)20)7-22-15(23)25-12-8-24-14-10(12)4-2-6-21-14/h1-6,12H,7-8H2,(H,22,23). The maximum Gasteiger partial charge on any atom is 0.418 e. The Labute approximate surface area is 145 Å². The minimum atomic E-state index is -4.62. The van der Waals surface area contributed by atoms with E-state index in [1.54, 1.807) is 18.3 Å². The van der Waals surface area contributed by atoms with E-state index in [1.807, 2.05) is 0 Å². The summed E-state index contributed by atoms with van der Waals surface area (Å²) in [4.78, 5) is 15.9. The van der Waals surface area contributed by atoms with Crippen molar-refractivity contribution in [2.24, 2.45) is 0 Å². The highest BCUT2D eigenvalue weighted by atomic mass is 35.5. The Hall–Kier alpha value is -2.48. The molecule has 1 aromatic heterocycles. The highest BCUT2D eigenvalue weighted by Crippen LogP contribution is 2.37. The van der Waals surface area contributed by atoms with Crippen molar-refractivity contribution < 1.29 is 27.4 Å². The van der Waals surface area contributed by atoms with Gasteiger partial charge in [0.1, 0.15) is 6.61 Å². The lowest BCUT2D eigenvalue weighted by Crippen LogP contribution is -2.27. The highest BCUT2D eigenvalue weighted by Gasteiger charge is 2.36. The summed E-state index contributed by atoms with van der Waals surface area (Å²) in [5, 5.41) is 1.87. The Balaban J connectivity index is 1.65. The van der Waals surface area contributed by atoms with Gasteiger partial charge in [-0.15, -0.1) is 0 Å². The normalized spacial score (nSPS) is 16.1. The Morgan fingerprint density at radius 1 is 1.36 bits per heavy atom. The van der Waals surface area contributed by atoms with E-state index in [1.165, 1.54) is 12.1 Å². The van der Waals surface area contributed by atoms with E-state index in [2.05, 4.69) is 10.3 Å². The molecule has 25 heavy (non-hydrogen) atoms. The maximum atomic E-state index is 13.1. The Kier molecular flexibility index (Phi) is 4.71. The van der Waals surface area contributed by atoms with E-state index in [4.69, 9.17) is 21.1 Å². The Morgan fingerprint density at radius 3 is 2.92 bits per heavy atom. The van der Waals surface area contributed by atoms with E-state index in [0.29, 0.717) is 11.4 Å². The van der Waals surface area contributed by atoms with Gasteiger partial charge in [0.25, 0.3) is 0 Å². The highest BCUT2D eigenvalue weighted by molar-refractivity contribution is 6.31. The van der Waals surface area contributed by atoms with Gasteiger partial charge in [-0.05, 0) is 23.8 Å². The van der Waals surface area contributed by atoms with Gasteiger partial charge in [0.2, 0.25) is 5.88 Å². The summed E-state index contributed by atoms with van der Waals surface area (Å²) in [5.41, 5.74) is -0.520. The minimum Gasteiger partial charge on any atom is -0.473 e. The predicted molar refractivity (Wildman–Crippen MR) is 82.2 cm³/mol. The topological polar surface area (TPSA) is 60.5 Å². The average Bonchev–Trinajstić information content (AvgIpc) is 2.95. The number of benzene rings is 1. The molecule has 0 saturated carbocycles. The lowest BCUT2D eigenvalue weighted by Gasteiger charge is -2.16.